The van der Waals surface area contributed by atoms with Crippen molar-refractivity contribution in [2.75, 3.05) is 0 Å². The zero-order chi connectivity index (χ0) is 5.82. The summed E-state index contributed by atoms with van der Waals surface area (Å²) < 4.78 is 0. The Balaban J connectivity index is 0.000000640. The molecule has 0 atom stereocenters. The third-order valence-corrected chi connectivity index (χ3v) is 0.853. The SMILES string of the molecule is NC1=CC=C=CC=C1.[Lr]. The van der Waals surface area contributed by atoms with Crippen molar-refractivity contribution in [1.29, 1.82) is 0 Å². The average Bonchev–Trinajstić information content (AvgIpc) is 1.94. The second kappa shape index (κ2) is 2.89. The number of nitrogens with two attached hydrogens (primary N) is 1. The van der Waals surface area contributed by atoms with Crippen LogP contribution < -0.4 is 5.73 Å². The van der Waals surface area contributed by atoms with E-state index in [-0.39, 0.29) is 0 Å². The first-order valence-electron chi connectivity index (χ1n) is 2.44. The summed E-state index contributed by atoms with van der Waals surface area (Å²) in [4.78, 5) is 0. The van der Waals surface area contributed by atoms with Crippen molar-refractivity contribution in [1.82, 2.24) is 0 Å². The molecule has 0 fully saturated rings. The largest absolute Gasteiger partial charge is 0.399 e. The van der Waals surface area contributed by atoms with Gasteiger partial charge in [-0.2, -0.15) is 0 Å². The molecule has 0 aliphatic heterocycles. The number of allylic oxidation sites excluding steroid dienone is 4. The molecule has 1 aliphatic rings. The minimum Gasteiger partial charge on any atom is -0.399 e. The zero-order valence-electron chi connectivity index (χ0n) is 4.72. The second-order valence-electron chi connectivity index (χ2n) is 1.53. The van der Waals surface area contributed by atoms with Gasteiger partial charge in [0.2, 0.25) is 0 Å². The summed E-state index contributed by atoms with van der Waals surface area (Å²) >= 11 is 0. The van der Waals surface area contributed by atoms with Crippen LogP contribution in [0.2, 0.25) is 0 Å². The number of rotatable bonds is 0. The monoisotopic (exact) mass is 367 g/mol. The summed E-state index contributed by atoms with van der Waals surface area (Å²) in [6, 6.07) is 0. The third-order valence-electron chi connectivity index (χ3n) is 0.853. The Morgan fingerprint density at radius 3 is 2.89 bits per heavy atom. The number of hydrogen-bond donors (Lipinski definition) is 1. The summed E-state index contributed by atoms with van der Waals surface area (Å²) in [6.45, 7) is 0. The van der Waals surface area contributed by atoms with E-state index >= 15 is 0 Å². The minimum atomic E-state index is 0. The van der Waals surface area contributed by atoms with Gasteiger partial charge in [0, 0.05) is 5.70 Å². The summed E-state index contributed by atoms with van der Waals surface area (Å²) in [5, 5.41) is 0. The molecule has 0 saturated carbocycles. The van der Waals surface area contributed by atoms with Crippen molar-refractivity contribution in [2.45, 2.75) is 0 Å². The molecule has 0 amide bonds. The molecule has 2 heteroatoms. The average molecular weight is 367 g/mol. The van der Waals surface area contributed by atoms with Crippen LogP contribution in [0.3, 0.4) is 0 Å². The zero-order valence-corrected chi connectivity index (χ0v) is 6.87. The molecule has 9 heavy (non-hydrogen) atoms. The van der Waals surface area contributed by atoms with Crippen LogP contribution in [-0.4, -0.2) is 0 Å². The van der Waals surface area contributed by atoms with Crippen LogP contribution in [0.5, 0.6) is 0 Å². The Labute approximate surface area is 48.5 Å². The topological polar surface area (TPSA) is 26.0 Å². The second-order valence-corrected chi connectivity index (χ2v) is 1.53. The molecule has 0 saturated heterocycles. The maximum absolute atomic E-state index is 5.42. The Hall–Kier alpha value is -2.20. The van der Waals surface area contributed by atoms with Gasteiger partial charge in [-0.1, -0.05) is 6.08 Å². The Morgan fingerprint density at radius 2 is 2.11 bits per heavy atom. The van der Waals surface area contributed by atoms with Crippen molar-refractivity contribution in [3.8, 4) is 0 Å². The van der Waals surface area contributed by atoms with E-state index in [2.05, 4.69) is 5.73 Å². The third kappa shape index (κ3) is 1.81. The van der Waals surface area contributed by atoms with Crippen molar-refractivity contribution < 1.29 is 0 Å². The fraction of sp³-hybridized carbons (Fsp3) is 0. The van der Waals surface area contributed by atoms with Crippen LogP contribution in [0.25, 0.3) is 0 Å². The van der Waals surface area contributed by atoms with E-state index in [9.17, 15) is 0 Å². The molecular weight excluding hydrogens is 360 g/mol. The molecule has 0 unspecified atom stereocenters. The van der Waals surface area contributed by atoms with Gasteiger partial charge in [0.15, 0.2) is 0 Å². The van der Waals surface area contributed by atoms with Crippen molar-refractivity contribution in [3.05, 3.63) is 41.8 Å². The van der Waals surface area contributed by atoms with Gasteiger partial charge in [-0.15, -0.1) is 5.73 Å². The first kappa shape index (κ1) is 6.80. The van der Waals surface area contributed by atoms with E-state index in [1.54, 1.807) is 12.2 Å². The van der Waals surface area contributed by atoms with E-state index in [0.717, 1.165) is 5.70 Å². The predicted molar refractivity (Wildman–Crippen MR) is 34.1 cm³/mol. The van der Waals surface area contributed by atoms with Crippen molar-refractivity contribution in [2.24, 2.45) is 5.73 Å². The normalized spacial score (nSPS) is 14.0. The molecule has 1 aliphatic carbocycles. The standard InChI is InChI=1S/C7H7N.Lr/c8-7-5-3-1-2-4-6-7;/h1,3-6H,8H2;. The van der Waals surface area contributed by atoms with E-state index in [1.807, 2.05) is 18.2 Å². The maximum Gasteiger partial charge on any atom is 0.0320 e. The van der Waals surface area contributed by atoms with Gasteiger partial charge in [0.25, 0.3) is 0 Å². The minimum absolute atomic E-state index is 0. The van der Waals surface area contributed by atoms with E-state index in [1.165, 1.54) is 0 Å². The molecule has 55 valence electrons. The summed E-state index contributed by atoms with van der Waals surface area (Å²) in [7, 11) is 0. The van der Waals surface area contributed by atoms with Crippen molar-refractivity contribution in [3.63, 3.8) is 0 Å². The first-order valence-corrected chi connectivity index (χ1v) is 2.44. The van der Waals surface area contributed by atoms with Crippen LogP contribution >= 0.6 is 0 Å². The van der Waals surface area contributed by atoms with Gasteiger partial charge in [-0.25, -0.2) is 0 Å². The molecule has 2 N–H and O–H groups in total. The quantitative estimate of drug-likeness (QED) is 0.638. The van der Waals surface area contributed by atoms with Gasteiger partial charge >= 0.3 is 0 Å². The predicted octanol–water partition coefficient (Wildman–Crippen LogP) is 1.11. The Bertz CT molecular complexity index is 195. The van der Waals surface area contributed by atoms with E-state index in [4.69, 9.17) is 5.73 Å². The van der Waals surface area contributed by atoms with Gasteiger partial charge < -0.3 is 5.73 Å². The van der Waals surface area contributed by atoms with Crippen LogP contribution in [-0.2, 0) is 0 Å². The molecule has 1 nitrogen and oxygen atoms in total. The molecule has 0 spiro atoms. The van der Waals surface area contributed by atoms with E-state index in [0.29, 0.717) is 0 Å². The fourth-order valence-corrected chi connectivity index (χ4v) is 0.470. The Kier molecular flexibility index (Phi) is 2.18. The first-order chi connectivity index (χ1) is 3.89. The molecule has 0 aromatic rings. The van der Waals surface area contributed by atoms with Gasteiger partial charge in [-0.05, 0) is 24.3 Å². The van der Waals surface area contributed by atoms with Gasteiger partial charge in [0.05, 0.1) is 0 Å². The molecule has 0 aromatic carbocycles. The molecule has 1 rings (SSSR count). The molecule has 0 heterocycles. The smallest absolute Gasteiger partial charge is 0.0320 e. The number of hydrogen-bond acceptors (Lipinski definition) is 1. The van der Waals surface area contributed by atoms with Crippen molar-refractivity contribution >= 4 is 0 Å². The van der Waals surface area contributed by atoms with Crippen LogP contribution in [0, 0.1) is 0 Å². The van der Waals surface area contributed by atoms with Crippen LogP contribution in [0.15, 0.2) is 41.8 Å². The molecule has 0 aromatic heterocycles. The molecule has 0 bridgehead atoms. The molecular formula is C7H7LrN. The van der Waals surface area contributed by atoms with Crippen LogP contribution in [0.1, 0.15) is 0 Å². The Morgan fingerprint density at radius 1 is 1.33 bits per heavy atom. The van der Waals surface area contributed by atoms with Crippen LogP contribution in [0.4, 0.5) is 0 Å². The van der Waals surface area contributed by atoms with Gasteiger partial charge in [0.1, 0.15) is 0 Å². The molecule has 1 radical (unpaired) electrons. The fourth-order valence-electron chi connectivity index (χ4n) is 0.470. The van der Waals surface area contributed by atoms with Gasteiger partial charge in [-0.3, -0.25) is 0 Å². The summed E-state index contributed by atoms with van der Waals surface area (Å²) in [5.74, 6) is 0. The maximum atomic E-state index is 5.42. The van der Waals surface area contributed by atoms with E-state index < -0.39 is 0 Å². The summed E-state index contributed by atoms with van der Waals surface area (Å²) in [5.41, 5.74) is 9.07. The summed E-state index contributed by atoms with van der Waals surface area (Å²) in [6.07, 6.45) is 9.09.